The van der Waals surface area contributed by atoms with Crippen LogP contribution in [0.5, 0.6) is 5.75 Å². The largest absolute Gasteiger partial charge is 0.497 e. The van der Waals surface area contributed by atoms with E-state index < -0.39 is 6.43 Å². The third-order valence-corrected chi connectivity index (χ3v) is 3.07. The summed E-state index contributed by atoms with van der Waals surface area (Å²) < 4.78 is 30.8. The molecule has 0 unspecified atom stereocenters. The number of ether oxygens (including phenoxy) is 1. The zero-order valence-corrected chi connectivity index (χ0v) is 11.9. The van der Waals surface area contributed by atoms with Crippen molar-refractivity contribution in [3.05, 3.63) is 47.8 Å². The molecule has 2 aromatic rings. The van der Waals surface area contributed by atoms with Crippen LogP contribution in [0.15, 0.2) is 36.7 Å². The second-order valence-electron chi connectivity index (χ2n) is 4.74. The fourth-order valence-electron chi connectivity index (χ4n) is 2.03. The zero-order valence-electron chi connectivity index (χ0n) is 11.9. The summed E-state index contributed by atoms with van der Waals surface area (Å²) in [6, 6.07) is 7.92. The first kappa shape index (κ1) is 15.4. The van der Waals surface area contributed by atoms with Crippen LogP contribution in [0.4, 0.5) is 8.78 Å². The number of alkyl halides is 2. The standard InChI is InChI=1S/C15H19F2N3O/c1-21-14-4-2-3-12(7-14)5-6-18-8-13-9-19-20(10-13)11-15(16)17/h2-4,7,9-10,15,18H,5-6,8,11H2,1H3. The molecule has 0 atom stereocenters. The molecule has 21 heavy (non-hydrogen) atoms. The Kier molecular flexibility index (Phi) is 5.68. The molecule has 114 valence electrons. The van der Waals surface area contributed by atoms with E-state index >= 15 is 0 Å². The van der Waals surface area contributed by atoms with Crippen molar-refractivity contribution in [2.24, 2.45) is 0 Å². The maximum atomic E-state index is 12.2. The topological polar surface area (TPSA) is 39.1 Å². The van der Waals surface area contributed by atoms with Crippen LogP contribution < -0.4 is 10.1 Å². The molecule has 1 N–H and O–H groups in total. The van der Waals surface area contributed by atoms with Crippen molar-refractivity contribution in [3.63, 3.8) is 0 Å². The number of halogens is 2. The quantitative estimate of drug-likeness (QED) is 0.761. The number of rotatable bonds is 8. The average molecular weight is 295 g/mol. The Bertz CT molecular complexity index is 557. The third-order valence-electron chi connectivity index (χ3n) is 3.07. The van der Waals surface area contributed by atoms with E-state index in [0.29, 0.717) is 6.54 Å². The monoisotopic (exact) mass is 295 g/mol. The van der Waals surface area contributed by atoms with Gasteiger partial charge in [-0.2, -0.15) is 5.10 Å². The normalized spacial score (nSPS) is 11.0. The van der Waals surface area contributed by atoms with E-state index in [4.69, 9.17) is 4.74 Å². The van der Waals surface area contributed by atoms with Crippen LogP contribution in [0.25, 0.3) is 0 Å². The Labute approximate surface area is 122 Å². The van der Waals surface area contributed by atoms with Gasteiger partial charge in [-0.25, -0.2) is 8.78 Å². The molecule has 0 fully saturated rings. The number of benzene rings is 1. The number of nitrogens with zero attached hydrogens (tertiary/aromatic N) is 2. The highest BCUT2D eigenvalue weighted by Crippen LogP contribution is 2.12. The van der Waals surface area contributed by atoms with E-state index in [2.05, 4.69) is 10.4 Å². The number of hydrogen-bond acceptors (Lipinski definition) is 3. The number of methoxy groups -OCH3 is 1. The van der Waals surface area contributed by atoms with Gasteiger partial charge in [0.25, 0.3) is 6.43 Å². The smallest absolute Gasteiger partial charge is 0.257 e. The van der Waals surface area contributed by atoms with Gasteiger partial charge in [0.2, 0.25) is 0 Å². The molecule has 0 saturated carbocycles. The summed E-state index contributed by atoms with van der Waals surface area (Å²) in [5, 5.41) is 7.17. The van der Waals surface area contributed by atoms with Crippen LogP contribution in [0.2, 0.25) is 0 Å². The summed E-state index contributed by atoms with van der Waals surface area (Å²) in [5.74, 6) is 0.848. The van der Waals surface area contributed by atoms with Gasteiger partial charge >= 0.3 is 0 Å². The van der Waals surface area contributed by atoms with Crippen LogP contribution in [-0.2, 0) is 19.5 Å². The number of nitrogens with one attached hydrogen (secondary N) is 1. The summed E-state index contributed by atoms with van der Waals surface area (Å²) in [7, 11) is 1.65. The molecule has 1 aromatic heterocycles. The van der Waals surface area contributed by atoms with Crippen molar-refractivity contribution in [1.29, 1.82) is 0 Å². The molecule has 0 aliphatic carbocycles. The molecule has 0 bridgehead atoms. The summed E-state index contributed by atoms with van der Waals surface area (Å²) >= 11 is 0. The van der Waals surface area contributed by atoms with Crippen LogP contribution >= 0.6 is 0 Å². The maximum Gasteiger partial charge on any atom is 0.257 e. The van der Waals surface area contributed by atoms with Gasteiger partial charge in [0.05, 0.1) is 13.3 Å². The lowest BCUT2D eigenvalue weighted by Crippen LogP contribution is -2.16. The molecular formula is C15H19F2N3O. The van der Waals surface area contributed by atoms with Crippen LogP contribution in [0, 0.1) is 0 Å². The van der Waals surface area contributed by atoms with E-state index in [0.717, 1.165) is 24.3 Å². The van der Waals surface area contributed by atoms with Gasteiger partial charge in [0.15, 0.2) is 0 Å². The second-order valence-corrected chi connectivity index (χ2v) is 4.74. The van der Waals surface area contributed by atoms with E-state index in [1.54, 1.807) is 19.5 Å². The molecule has 0 aliphatic heterocycles. The minimum atomic E-state index is -2.38. The van der Waals surface area contributed by atoms with Crippen molar-refractivity contribution >= 4 is 0 Å². The summed E-state index contributed by atoms with van der Waals surface area (Å²) in [6.07, 6.45) is 1.76. The molecule has 1 heterocycles. The Balaban J connectivity index is 1.73. The second kappa shape index (κ2) is 7.73. The highest BCUT2D eigenvalue weighted by Gasteiger charge is 2.05. The highest BCUT2D eigenvalue weighted by molar-refractivity contribution is 5.28. The SMILES string of the molecule is COc1cccc(CCNCc2cnn(CC(F)F)c2)c1. The molecule has 6 heteroatoms. The fraction of sp³-hybridized carbons (Fsp3) is 0.400. The summed E-state index contributed by atoms with van der Waals surface area (Å²) in [6.45, 7) is 1.06. The molecule has 0 radical (unpaired) electrons. The van der Waals surface area contributed by atoms with Crippen LogP contribution in [0.3, 0.4) is 0 Å². The first-order valence-electron chi connectivity index (χ1n) is 6.80. The van der Waals surface area contributed by atoms with Gasteiger partial charge in [0.1, 0.15) is 12.3 Å². The van der Waals surface area contributed by atoms with E-state index in [-0.39, 0.29) is 6.54 Å². The molecule has 0 amide bonds. The van der Waals surface area contributed by atoms with Gasteiger partial charge in [-0.1, -0.05) is 12.1 Å². The van der Waals surface area contributed by atoms with Gasteiger partial charge in [-0.3, -0.25) is 4.68 Å². The Morgan fingerprint density at radius 2 is 2.19 bits per heavy atom. The Hall–Kier alpha value is -1.95. The minimum absolute atomic E-state index is 0.357. The fourth-order valence-corrected chi connectivity index (χ4v) is 2.03. The van der Waals surface area contributed by atoms with Crippen LogP contribution in [0.1, 0.15) is 11.1 Å². The van der Waals surface area contributed by atoms with Gasteiger partial charge in [-0.05, 0) is 30.7 Å². The van der Waals surface area contributed by atoms with E-state index in [9.17, 15) is 8.78 Å². The lowest BCUT2D eigenvalue weighted by Gasteiger charge is -2.05. The van der Waals surface area contributed by atoms with Crippen LogP contribution in [-0.4, -0.2) is 29.9 Å². The van der Waals surface area contributed by atoms with E-state index in [1.807, 2.05) is 24.3 Å². The minimum Gasteiger partial charge on any atom is -0.497 e. The lowest BCUT2D eigenvalue weighted by molar-refractivity contribution is 0.122. The van der Waals surface area contributed by atoms with Crippen molar-refractivity contribution in [2.45, 2.75) is 25.9 Å². The van der Waals surface area contributed by atoms with Crippen molar-refractivity contribution in [2.75, 3.05) is 13.7 Å². The maximum absolute atomic E-state index is 12.2. The third kappa shape index (κ3) is 5.15. The molecular weight excluding hydrogens is 276 g/mol. The number of aromatic nitrogens is 2. The van der Waals surface area contributed by atoms with Crippen molar-refractivity contribution < 1.29 is 13.5 Å². The average Bonchev–Trinajstić information content (AvgIpc) is 2.90. The summed E-state index contributed by atoms with van der Waals surface area (Å²) in [5.41, 5.74) is 2.09. The molecule has 1 aromatic carbocycles. The van der Waals surface area contributed by atoms with Gasteiger partial charge in [-0.15, -0.1) is 0 Å². The first-order valence-corrected chi connectivity index (χ1v) is 6.80. The first-order chi connectivity index (χ1) is 10.2. The Morgan fingerprint density at radius 3 is 2.95 bits per heavy atom. The molecule has 4 nitrogen and oxygen atoms in total. The zero-order chi connectivity index (χ0) is 15.1. The lowest BCUT2D eigenvalue weighted by atomic mass is 10.1. The van der Waals surface area contributed by atoms with E-state index in [1.165, 1.54) is 10.2 Å². The number of hydrogen-bond donors (Lipinski definition) is 1. The Morgan fingerprint density at radius 1 is 1.33 bits per heavy atom. The highest BCUT2D eigenvalue weighted by atomic mass is 19.3. The van der Waals surface area contributed by atoms with Gasteiger partial charge < -0.3 is 10.1 Å². The molecule has 0 aliphatic rings. The van der Waals surface area contributed by atoms with Crippen molar-refractivity contribution in [1.82, 2.24) is 15.1 Å². The van der Waals surface area contributed by atoms with Crippen molar-refractivity contribution in [3.8, 4) is 5.75 Å². The molecule has 2 rings (SSSR count). The van der Waals surface area contributed by atoms with Gasteiger partial charge in [0, 0.05) is 18.3 Å². The predicted molar refractivity (Wildman–Crippen MR) is 76.6 cm³/mol. The molecule has 0 spiro atoms. The summed E-state index contributed by atoms with van der Waals surface area (Å²) in [4.78, 5) is 0. The predicted octanol–water partition coefficient (Wildman–Crippen LogP) is 2.49. The molecule has 0 saturated heterocycles.